The van der Waals surface area contributed by atoms with Crippen LogP contribution in [0.25, 0.3) is 0 Å². The van der Waals surface area contributed by atoms with Gasteiger partial charge in [-0.15, -0.1) is 0 Å². The second-order valence-electron chi connectivity index (χ2n) is 12.7. The van der Waals surface area contributed by atoms with Crippen molar-refractivity contribution in [3.05, 3.63) is 87.7 Å². The van der Waals surface area contributed by atoms with Crippen LogP contribution in [-0.2, 0) is 23.3 Å². The standard InChI is InChI=1S/C36H54N4.2ClH.Co/c1-24(2)31-19-28(9)20-32(25(3)4)35(31)38-15-17-40(23-30-13-11-12-14-37-30)18-16-39-36-33(26(5)6)21-29(10)22-34(36)27(7)8;;;/h11-14,19-22,24-27,38-39H,15-18,23H2,1-10H3;2*1H;/q;;;+2/p-2. The van der Waals surface area contributed by atoms with Gasteiger partial charge in [-0.3, -0.25) is 9.88 Å². The number of aryl methyl sites for hydroxylation is 2. The summed E-state index contributed by atoms with van der Waals surface area (Å²) in [6.45, 7) is 27.3. The summed E-state index contributed by atoms with van der Waals surface area (Å²) in [5.41, 5.74) is 12.1. The Hall–Kier alpha value is -1.76. The molecular weight excluding hydrogens is 618 g/mol. The van der Waals surface area contributed by atoms with Gasteiger partial charge in [-0.25, -0.2) is 0 Å². The predicted molar refractivity (Wildman–Crippen MR) is 175 cm³/mol. The van der Waals surface area contributed by atoms with E-state index in [0.717, 1.165) is 38.4 Å². The molecule has 0 unspecified atom stereocenters. The zero-order chi connectivity index (χ0) is 29.4. The number of pyridine rings is 1. The molecular formula is C36H54Cl2CoN4. The van der Waals surface area contributed by atoms with Crippen molar-refractivity contribution in [1.29, 1.82) is 0 Å². The molecule has 0 saturated carbocycles. The van der Waals surface area contributed by atoms with E-state index in [4.69, 9.17) is 0 Å². The Labute approximate surface area is 285 Å². The molecule has 0 fully saturated rings. The third kappa shape index (κ3) is 11.9. The first-order valence-corrected chi connectivity index (χ1v) is 15.4. The number of nitrogens with one attached hydrogen (secondary N) is 2. The smallest absolute Gasteiger partial charge is 1.00 e. The Kier molecular flexibility index (Phi) is 18.8. The molecule has 0 aliphatic heterocycles. The minimum atomic E-state index is 0. The van der Waals surface area contributed by atoms with Crippen LogP contribution in [0.1, 0.15) is 118 Å². The van der Waals surface area contributed by atoms with Crippen LogP contribution in [0.2, 0.25) is 0 Å². The van der Waals surface area contributed by atoms with E-state index < -0.39 is 0 Å². The molecule has 0 amide bonds. The SMILES string of the molecule is Cc1cc(C(C)C)c(NCCN(CCNc2c(C(C)C)cc(C)cc2C(C)C)Cc2ccccn2)c(C(C)C)c1.[Cl-].[Cl-].[Co+2]. The molecule has 0 atom stereocenters. The zero-order valence-corrected chi connectivity index (χ0v) is 30.5. The molecule has 1 aromatic heterocycles. The molecule has 2 N–H and O–H groups in total. The monoisotopic (exact) mass is 671 g/mol. The van der Waals surface area contributed by atoms with Crippen LogP contribution < -0.4 is 35.4 Å². The Bertz CT molecular complexity index is 1100. The summed E-state index contributed by atoms with van der Waals surface area (Å²) in [6.07, 6.45) is 1.90. The van der Waals surface area contributed by atoms with E-state index in [0.29, 0.717) is 23.7 Å². The minimum Gasteiger partial charge on any atom is -1.00 e. The molecule has 3 aromatic rings. The molecule has 1 radical (unpaired) electrons. The summed E-state index contributed by atoms with van der Waals surface area (Å²) in [5, 5.41) is 7.74. The molecule has 0 aliphatic rings. The van der Waals surface area contributed by atoms with Crippen molar-refractivity contribution in [3.63, 3.8) is 0 Å². The van der Waals surface area contributed by atoms with Crippen molar-refractivity contribution in [2.45, 2.75) is 99.5 Å². The maximum atomic E-state index is 4.64. The summed E-state index contributed by atoms with van der Waals surface area (Å²) >= 11 is 0. The Morgan fingerprint density at radius 2 is 1.00 bits per heavy atom. The van der Waals surface area contributed by atoms with Crippen LogP contribution >= 0.6 is 0 Å². The van der Waals surface area contributed by atoms with Gasteiger partial charge < -0.3 is 35.4 Å². The molecule has 1 heterocycles. The number of anilines is 2. The topological polar surface area (TPSA) is 40.2 Å². The Morgan fingerprint density at radius 3 is 1.30 bits per heavy atom. The summed E-state index contributed by atoms with van der Waals surface area (Å²) in [5.74, 6) is 1.92. The van der Waals surface area contributed by atoms with E-state index in [1.165, 1.54) is 44.8 Å². The largest absolute Gasteiger partial charge is 2.00 e. The van der Waals surface area contributed by atoms with Crippen LogP contribution in [0.5, 0.6) is 0 Å². The molecule has 0 saturated heterocycles. The molecule has 0 bridgehead atoms. The van der Waals surface area contributed by atoms with Gasteiger partial charge in [-0.2, -0.15) is 0 Å². The van der Waals surface area contributed by atoms with Crippen molar-refractivity contribution in [1.82, 2.24) is 9.88 Å². The fraction of sp³-hybridized carbons (Fsp3) is 0.528. The minimum absolute atomic E-state index is 0. The fourth-order valence-corrected chi connectivity index (χ4v) is 5.58. The summed E-state index contributed by atoms with van der Waals surface area (Å²) in [4.78, 5) is 7.16. The van der Waals surface area contributed by atoms with E-state index >= 15 is 0 Å². The van der Waals surface area contributed by atoms with Crippen molar-refractivity contribution >= 4 is 11.4 Å². The van der Waals surface area contributed by atoms with E-state index in [1.807, 2.05) is 12.3 Å². The molecule has 0 spiro atoms. The maximum absolute atomic E-state index is 4.64. The van der Waals surface area contributed by atoms with Gasteiger partial charge in [-0.05, 0) is 71.9 Å². The van der Waals surface area contributed by atoms with Gasteiger partial charge in [0.2, 0.25) is 0 Å². The van der Waals surface area contributed by atoms with Crippen LogP contribution in [0, 0.1) is 13.8 Å². The number of rotatable bonds is 14. The fourth-order valence-electron chi connectivity index (χ4n) is 5.58. The van der Waals surface area contributed by atoms with Crippen molar-refractivity contribution in [3.8, 4) is 0 Å². The molecule has 7 heteroatoms. The van der Waals surface area contributed by atoms with Gasteiger partial charge in [0.1, 0.15) is 0 Å². The summed E-state index contributed by atoms with van der Waals surface area (Å²) < 4.78 is 0. The second-order valence-corrected chi connectivity index (χ2v) is 12.7. The third-order valence-corrected chi connectivity index (χ3v) is 7.75. The van der Waals surface area contributed by atoms with Crippen LogP contribution in [0.4, 0.5) is 11.4 Å². The van der Waals surface area contributed by atoms with E-state index in [2.05, 4.69) is 126 Å². The zero-order valence-electron chi connectivity index (χ0n) is 27.9. The first-order chi connectivity index (χ1) is 19.0. The number of aromatic nitrogens is 1. The molecule has 4 nitrogen and oxygen atoms in total. The molecule has 43 heavy (non-hydrogen) atoms. The van der Waals surface area contributed by atoms with Gasteiger partial charge >= 0.3 is 16.8 Å². The van der Waals surface area contributed by atoms with E-state index in [-0.39, 0.29) is 41.6 Å². The number of nitrogens with zero attached hydrogens (tertiary/aromatic N) is 2. The summed E-state index contributed by atoms with van der Waals surface area (Å²) in [7, 11) is 0. The maximum Gasteiger partial charge on any atom is 2.00 e. The number of benzene rings is 2. The average Bonchev–Trinajstić information content (AvgIpc) is 2.89. The average molecular weight is 673 g/mol. The predicted octanol–water partition coefficient (Wildman–Crippen LogP) is 3.22. The second kappa shape index (κ2) is 19.6. The van der Waals surface area contributed by atoms with Crippen LogP contribution in [-0.4, -0.2) is 36.1 Å². The van der Waals surface area contributed by atoms with Gasteiger partial charge in [0, 0.05) is 50.3 Å². The first-order valence-electron chi connectivity index (χ1n) is 15.4. The van der Waals surface area contributed by atoms with Gasteiger partial charge in [-0.1, -0.05) is 96.8 Å². The normalized spacial score (nSPS) is 11.0. The van der Waals surface area contributed by atoms with Crippen molar-refractivity contribution < 1.29 is 41.6 Å². The van der Waals surface area contributed by atoms with Gasteiger partial charge in [0.25, 0.3) is 0 Å². The molecule has 241 valence electrons. The van der Waals surface area contributed by atoms with Gasteiger partial charge in [0.05, 0.1) is 5.69 Å². The number of hydrogen-bond donors (Lipinski definition) is 2. The Balaban J connectivity index is 0.00000588. The van der Waals surface area contributed by atoms with E-state index in [9.17, 15) is 0 Å². The van der Waals surface area contributed by atoms with E-state index in [1.54, 1.807) is 0 Å². The Morgan fingerprint density at radius 1 is 0.628 bits per heavy atom. The molecule has 2 aromatic carbocycles. The first kappa shape index (κ1) is 41.2. The third-order valence-electron chi connectivity index (χ3n) is 7.75. The van der Waals surface area contributed by atoms with Gasteiger partial charge in [0.15, 0.2) is 0 Å². The van der Waals surface area contributed by atoms with Crippen LogP contribution in [0.15, 0.2) is 48.7 Å². The van der Waals surface area contributed by atoms with Crippen molar-refractivity contribution in [2.75, 3.05) is 36.8 Å². The molecule has 0 aliphatic carbocycles. The number of halogens is 2. The quantitative estimate of drug-likeness (QED) is 0.276. The number of hydrogen-bond acceptors (Lipinski definition) is 4. The summed E-state index contributed by atoms with van der Waals surface area (Å²) in [6, 6.07) is 15.6. The van der Waals surface area contributed by atoms with Crippen molar-refractivity contribution in [2.24, 2.45) is 0 Å². The van der Waals surface area contributed by atoms with Crippen LogP contribution in [0.3, 0.4) is 0 Å². The molecule has 3 rings (SSSR count).